The summed E-state index contributed by atoms with van der Waals surface area (Å²) in [6, 6.07) is 17.6. The Morgan fingerprint density at radius 2 is 0.762 bits per heavy atom. The van der Waals surface area contributed by atoms with Gasteiger partial charge in [0.1, 0.15) is 12.1 Å². The average molecular weight is 1120 g/mol. The summed E-state index contributed by atoms with van der Waals surface area (Å²) in [5.41, 5.74) is 3.63. The van der Waals surface area contributed by atoms with Crippen LogP contribution in [0.5, 0.6) is 57.5 Å². The predicted molar refractivity (Wildman–Crippen MR) is 304 cm³/mol. The molecule has 0 bridgehead atoms. The van der Waals surface area contributed by atoms with Crippen molar-refractivity contribution in [2.45, 2.75) is 141 Å². The molecule has 0 saturated carbocycles. The molecule has 6 rings (SSSR count). The Labute approximate surface area is 473 Å². The summed E-state index contributed by atoms with van der Waals surface area (Å²) < 4.78 is 66.0. The predicted octanol–water partition coefficient (Wildman–Crippen LogP) is 10.3. The quantitative estimate of drug-likeness (QED) is 0.0540. The average Bonchev–Trinajstić information content (AvgIpc) is 3.50. The van der Waals surface area contributed by atoms with Crippen molar-refractivity contribution in [3.63, 3.8) is 0 Å². The van der Waals surface area contributed by atoms with E-state index in [1.165, 1.54) is 0 Å². The van der Waals surface area contributed by atoms with Crippen molar-refractivity contribution < 1.29 is 76.0 Å². The molecule has 6 atom stereocenters. The van der Waals surface area contributed by atoms with Gasteiger partial charge in [-0.05, 0) is 162 Å². The number of ether oxygens (including phenoxy) is 12. The Kier molecular flexibility index (Phi) is 25.1. The maximum atomic E-state index is 13.9. The molecule has 0 aliphatic carbocycles. The van der Waals surface area contributed by atoms with Gasteiger partial charge in [-0.1, -0.05) is 26.0 Å². The molecule has 18 nitrogen and oxygen atoms in total. The van der Waals surface area contributed by atoms with Crippen LogP contribution in [0.3, 0.4) is 0 Å². The highest BCUT2D eigenvalue weighted by Gasteiger charge is 2.39. The largest absolute Gasteiger partial charge is 0.493 e. The molecule has 0 N–H and O–H groups in total. The fraction of sp³-hybridized carbons (Fsp3) is 0.548. The van der Waals surface area contributed by atoms with E-state index in [2.05, 4.69) is 0 Å². The van der Waals surface area contributed by atoms with Gasteiger partial charge in [-0.3, -0.25) is 9.59 Å². The van der Waals surface area contributed by atoms with E-state index in [-0.39, 0.29) is 36.0 Å². The van der Waals surface area contributed by atoms with Crippen LogP contribution in [0.2, 0.25) is 0 Å². The summed E-state index contributed by atoms with van der Waals surface area (Å²) in [5, 5.41) is 0. The topological polar surface area (TPSA) is 186 Å². The molecule has 6 unspecified atom stereocenters. The van der Waals surface area contributed by atoms with Gasteiger partial charge in [0.15, 0.2) is 46.0 Å². The number of piperidine rings is 2. The number of likely N-dealkylation sites (tertiary alicyclic amines) is 2. The lowest BCUT2D eigenvalue weighted by Gasteiger charge is -2.37. The fourth-order valence-corrected chi connectivity index (χ4v) is 10.5. The van der Waals surface area contributed by atoms with E-state index in [1.807, 2.05) is 64.1 Å². The maximum absolute atomic E-state index is 13.9. The van der Waals surface area contributed by atoms with Crippen molar-refractivity contribution in [3.8, 4) is 57.5 Å². The summed E-state index contributed by atoms with van der Waals surface area (Å²) in [4.78, 5) is 57.9. The third-order valence-electron chi connectivity index (χ3n) is 14.9. The van der Waals surface area contributed by atoms with E-state index in [9.17, 15) is 19.2 Å². The molecule has 4 aromatic rings. The molecule has 2 heterocycles. The summed E-state index contributed by atoms with van der Waals surface area (Å²) in [5.74, 6) is 3.72. The third kappa shape index (κ3) is 16.0. The van der Waals surface area contributed by atoms with E-state index in [0.717, 1.165) is 47.9 Å². The monoisotopic (exact) mass is 1110 g/mol. The minimum absolute atomic E-state index is 0.101. The second-order valence-electron chi connectivity index (χ2n) is 19.9. The Bertz CT molecular complexity index is 2430. The zero-order valence-electron chi connectivity index (χ0n) is 49.6. The molecule has 0 aromatic heterocycles. The standard InChI is InChI=1S/2C31H43NO8/c2*1-8-23(22-18-27(37-5)29(39-7)28(19-22)38-6)30(33)32-16-10-9-11-24(32)31(34)40-20(2)12-13-21-14-15-25(35-3)26(17-21)36-4/h2*14-15,17-20,23-24H,8-13,16H2,1-7H3. The molecule has 0 spiro atoms. The van der Waals surface area contributed by atoms with Crippen LogP contribution in [0.1, 0.15) is 126 Å². The van der Waals surface area contributed by atoms with Crippen molar-refractivity contribution in [3.05, 3.63) is 82.9 Å². The van der Waals surface area contributed by atoms with Crippen molar-refractivity contribution >= 4 is 23.8 Å². The number of nitrogens with zero attached hydrogens (tertiary/aromatic N) is 2. The van der Waals surface area contributed by atoms with E-state index in [4.69, 9.17) is 56.8 Å². The number of hydrogen-bond donors (Lipinski definition) is 0. The van der Waals surface area contributed by atoms with Crippen molar-refractivity contribution in [1.82, 2.24) is 9.80 Å². The normalized spacial score (nSPS) is 16.5. The van der Waals surface area contributed by atoms with Crippen molar-refractivity contribution in [1.29, 1.82) is 0 Å². The summed E-state index contributed by atoms with van der Waals surface area (Å²) in [6.07, 6.45) is 7.78. The van der Waals surface area contributed by atoms with Gasteiger partial charge in [-0.25, -0.2) is 9.59 Å². The molecular formula is C62H86N2O16. The second kappa shape index (κ2) is 31.5. The van der Waals surface area contributed by atoms with Gasteiger partial charge in [-0.2, -0.15) is 0 Å². The van der Waals surface area contributed by atoms with E-state index >= 15 is 0 Å². The summed E-state index contributed by atoms with van der Waals surface area (Å²) in [6.45, 7) is 8.72. The van der Waals surface area contributed by atoms with Gasteiger partial charge >= 0.3 is 11.9 Å². The Hall–Kier alpha value is -7.24. The van der Waals surface area contributed by atoms with Crippen LogP contribution in [0, 0.1) is 0 Å². The number of benzene rings is 4. The number of amides is 2. The summed E-state index contributed by atoms with van der Waals surface area (Å²) in [7, 11) is 15.7. The number of methoxy groups -OCH3 is 10. The van der Waals surface area contributed by atoms with E-state index < -0.39 is 23.9 Å². The first-order chi connectivity index (χ1) is 38.6. The second-order valence-corrected chi connectivity index (χ2v) is 19.9. The van der Waals surface area contributed by atoms with Crippen LogP contribution in [-0.2, 0) is 41.5 Å². The van der Waals surface area contributed by atoms with Gasteiger partial charge in [0.2, 0.25) is 23.3 Å². The van der Waals surface area contributed by atoms with E-state index in [0.29, 0.717) is 122 Å². The SMILES string of the molecule is CCC(C(=O)N1CCCCC1C(=O)OC(C)CCc1ccc(OC)c(OC)c1)c1cc(OC)c(OC)c(OC)c1.CCC(C(=O)N1CCCCC1C(=O)OC(C)CCc1ccc(OC)c(OC)c1)c1cc(OC)c(OC)c(OC)c1. The number of rotatable bonds is 26. The lowest BCUT2D eigenvalue weighted by atomic mass is 9.91. The van der Waals surface area contributed by atoms with Crippen LogP contribution in [0.15, 0.2) is 60.7 Å². The molecular weight excluding hydrogens is 1030 g/mol. The number of hydrogen-bond acceptors (Lipinski definition) is 16. The lowest BCUT2D eigenvalue weighted by Crippen LogP contribution is -2.50. The smallest absolute Gasteiger partial charge is 0.329 e. The molecule has 2 aliphatic heterocycles. The van der Waals surface area contributed by atoms with Crippen molar-refractivity contribution in [2.75, 3.05) is 84.2 Å². The van der Waals surface area contributed by atoms with Gasteiger partial charge < -0.3 is 66.6 Å². The number of aryl methyl sites for hydroxylation is 2. The van der Waals surface area contributed by atoms with Gasteiger partial charge in [0.25, 0.3) is 0 Å². The zero-order valence-corrected chi connectivity index (χ0v) is 49.6. The minimum Gasteiger partial charge on any atom is -0.493 e. The number of esters is 2. The molecule has 2 fully saturated rings. The van der Waals surface area contributed by atoms with Gasteiger partial charge in [0, 0.05) is 13.1 Å². The zero-order chi connectivity index (χ0) is 58.5. The first kappa shape index (κ1) is 63.6. The highest BCUT2D eigenvalue weighted by Crippen LogP contribution is 2.43. The molecule has 18 heteroatoms. The molecule has 2 saturated heterocycles. The van der Waals surface area contributed by atoms with Crippen LogP contribution in [0.25, 0.3) is 0 Å². The third-order valence-corrected chi connectivity index (χ3v) is 14.9. The van der Waals surface area contributed by atoms with Crippen LogP contribution < -0.4 is 47.4 Å². The van der Waals surface area contributed by atoms with E-state index in [1.54, 1.807) is 105 Å². The molecule has 440 valence electrons. The number of carbonyl (C=O) groups is 4. The molecule has 2 amide bonds. The van der Waals surface area contributed by atoms with Crippen LogP contribution >= 0.6 is 0 Å². The van der Waals surface area contributed by atoms with Gasteiger partial charge in [0.05, 0.1) is 95.1 Å². The van der Waals surface area contributed by atoms with Gasteiger partial charge in [-0.15, -0.1) is 0 Å². The Morgan fingerprint density at radius 1 is 0.438 bits per heavy atom. The molecule has 80 heavy (non-hydrogen) atoms. The number of carbonyl (C=O) groups excluding carboxylic acids is 4. The highest BCUT2D eigenvalue weighted by atomic mass is 16.6. The lowest BCUT2D eigenvalue weighted by molar-refractivity contribution is -0.161. The Morgan fingerprint density at radius 3 is 1.05 bits per heavy atom. The summed E-state index contributed by atoms with van der Waals surface area (Å²) >= 11 is 0. The van der Waals surface area contributed by atoms with Crippen LogP contribution in [0.4, 0.5) is 0 Å². The minimum atomic E-state index is -0.610. The first-order valence-electron chi connectivity index (χ1n) is 27.7. The Balaban J connectivity index is 0.000000294. The molecule has 4 aromatic carbocycles. The van der Waals surface area contributed by atoms with Crippen LogP contribution in [-0.4, -0.2) is 142 Å². The maximum Gasteiger partial charge on any atom is 0.329 e. The fourth-order valence-electron chi connectivity index (χ4n) is 10.5. The molecule has 2 aliphatic rings. The first-order valence-corrected chi connectivity index (χ1v) is 27.7. The highest BCUT2D eigenvalue weighted by molar-refractivity contribution is 5.90. The molecule has 0 radical (unpaired) electrons. The van der Waals surface area contributed by atoms with Crippen molar-refractivity contribution in [2.24, 2.45) is 0 Å².